The number of ether oxygens (including phenoxy) is 1. The van der Waals surface area contributed by atoms with Crippen LogP contribution < -0.4 is 15.4 Å². The number of imidazole rings is 1. The predicted molar refractivity (Wildman–Crippen MR) is 124 cm³/mol. The molecule has 0 fully saturated rings. The van der Waals surface area contributed by atoms with Crippen molar-refractivity contribution < 1.29 is 22.7 Å². The van der Waals surface area contributed by atoms with E-state index in [-0.39, 0.29) is 33.9 Å². The molecule has 9 nitrogen and oxygen atoms in total. The van der Waals surface area contributed by atoms with Crippen LogP contribution in [0.4, 0.5) is 30.6 Å². The highest BCUT2D eigenvalue weighted by molar-refractivity contribution is 6.39. The van der Waals surface area contributed by atoms with Crippen LogP contribution in [0, 0.1) is 0 Å². The number of aromatic nitrogens is 5. The van der Waals surface area contributed by atoms with E-state index < -0.39 is 17.6 Å². The molecule has 0 radical (unpaired) electrons. The number of carbonyl (C=O) groups is 1. The van der Waals surface area contributed by atoms with Crippen molar-refractivity contribution in [2.75, 3.05) is 17.2 Å². The highest BCUT2D eigenvalue weighted by Crippen LogP contribution is 2.33. The number of hydrogen-bond acceptors (Lipinski definition) is 7. The van der Waals surface area contributed by atoms with Gasteiger partial charge in [-0.15, -0.1) is 0 Å². The number of halogens is 5. The van der Waals surface area contributed by atoms with Gasteiger partial charge in [0, 0.05) is 25.6 Å². The van der Waals surface area contributed by atoms with Gasteiger partial charge in [-0.05, 0) is 25.1 Å². The highest BCUT2D eigenvalue weighted by Gasteiger charge is 2.31. The summed E-state index contributed by atoms with van der Waals surface area (Å²) in [6.07, 6.45) is -0.811. The van der Waals surface area contributed by atoms with Crippen molar-refractivity contribution >= 4 is 57.7 Å². The molecule has 0 aliphatic carbocycles. The Morgan fingerprint density at radius 3 is 2.54 bits per heavy atom. The van der Waals surface area contributed by atoms with Crippen molar-refractivity contribution in [1.82, 2.24) is 24.5 Å². The van der Waals surface area contributed by atoms with Gasteiger partial charge in [0.25, 0.3) is 5.91 Å². The predicted octanol–water partition coefficient (Wildman–Crippen LogP) is 5.48. The van der Waals surface area contributed by atoms with E-state index in [1.54, 1.807) is 18.5 Å². The van der Waals surface area contributed by atoms with Crippen LogP contribution in [0.1, 0.15) is 22.8 Å². The number of amides is 1. The Morgan fingerprint density at radius 1 is 1.17 bits per heavy atom. The van der Waals surface area contributed by atoms with Crippen LogP contribution in [0.3, 0.4) is 0 Å². The Morgan fingerprint density at radius 2 is 1.89 bits per heavy atom. The lowest BCUT2D eigenvalue weighted by atomic mass is 10.2. The first kappa shape index (κ1) is 24.5. The average Bonchev–Trinajstić information content (AvgIpc) is 3.10. The van der Waals surface area contributed by atoms with Crippen LogP contribution in [0.5, 0.6) is 5.88 Å². The zero-order valence-electron chi connectivity index (χ0n) is 18.1. The number of anilines is 3. The summed E-state index contributed by atoms with van der Waals surface area (Å²) in [5.74, 6) is -0.770. The SMILES string of the molecule is CCOc1nc2c(cc1C(=O)Nc1cc(C(F)(F)F)ccn1)nc(Nc1c(Cl)cncc1Cl)n2C. The molecule has 0 aliphatic rings. The molecule has 4 heterocycles. The van der Waals surface area contributed by atoms with Crippen molar-refractivity contribution in [1.29, 1.82) is 0 Å². The molecule has 0 bridgehead atoms. The molecular weight excluding hydrogens is 510 g/mol. The maximum atomic E-state index is 13.0. The summed E-state index contributed by atoms with van der Waals surface area (Å²) in [5, 5.41) is 5.89. The zero-order valence-corrected chi connectivity index (χ0v) is 19.6. The Labute approximate surface area is 206 Å². The van der Waals surface area contributed by atoms with Crippen molar-refractivity contribution in [3.63, 3.8) is 0 Å². The van der Waals surface area contributed by atoms with Crippen LogP contribution in [0.15, 0.2) is 36.8 Å². The van der Waals surface area contributed by atoms with E-state index in [1.807, 2.05) is 0 Å². The molecule has 182 valence electrons. The van der Waals surface area contributed by atoms with Crippen LogP contribution in [-0.4, -0.2) is 37.0 Å². The molecule has 35 heavy (non-hydrogen) atoms. The van der Waals surface area contributed by atoms with E-state index in [0.29, 0.717) is 22.8 Å². The summed E-state index contributed by atoms with van der Waals surface area (Å²) in [5.41, 5.74) is 0.0618. The number of rotatable bonds is 6. The Kier molecular flexibility index (Phi) is 6.68. The Bertz CT molecular complexity index is 1410. The number of aryl methyl sites for hydroxylation is 1. The topological polar surface area (TPSA) is 107 Å². The van der Waals surface area contributed by atoms with Gasteiger partial charge in [0.2, 0.25) is 11.8 Å². The first-order valence-corrected chi connectivity index (χ1v) is 10.7. The van der Waals surface area contributed by atoms with Gasteiger partial charge in [-0.25, -0.2) is 9.97 Å². The largest absolute Gasteiger partial charge is 0.477 e. The summed E-state index contributed by atoms with van der Waals surface area (Å²) < 4.78 is 46.1. The van der Waals surface area contributed by atoms with E-state index >= 15 is 0 Å². The minimum atomic E-state index is -4.59. The Hall–Kier alpha value is -3.64. The number of fused-ring (bicyclic) bond motifs is 1. The fourth-order valence-corrected chi connectivity index (χ4v) is 3.58. The molecular formula is C21H16Cl2F3N7O2. The molecule has 0 saturated carbocycles. The second-order valence-electron chi connectivity index (χ2n) is 7.10. The lowest BCUT2D eigenvalue weighted by Crippen LogP contribution is -2.16. The van der Waals surface area contributed by atoms with Gasteiger partial charge in [-0.1, -0.05) is 23.2 Å². The van der Waals surface area contributed by atoms with Crippen LogP contribution >= 0.6 is 23.2 Å². The third-order valence-corrected chi connectivity index (χ3v) is 5.33. The number of nitrogens with zero attached hydrogens (tertiary/aromatic N) is 5. The van der Waals surface area contributed by atoms with Crippen molar-refractivity contribution in [3.05, 3.63) is 58.0 Å². The second-order valence-corrected chi connectivity index (χ2v) is 7.91. The monoisotopic (exact) mass is 525 g/mol. The lowest BCUT2D eigenvalue weighted by molar-refractivity contribution is -0.137. The number of nitrogens with one attached hydrogen (secondary N) is 2. The summed E-state index contributed by atoms with van der Waals surface area (Å²) in [6.45, 7) is 1.89. The van der Waals surface area contributed by atoms with Gasteiger partial charge >= 0.3 is 6.18 Å². The number of pyridine rings is 3. The molecule has 1 amide bonds. The Balaban J connectivity index is 1.71. The molecule has 0 aromatic carbocycles. The molecule has 0 atom stereocenters. The van der Waals surface area contributed by atoms with Gasteiger partial charge < -0.3 is 15.4 Å². The van der Waals surface area contributed by atoms with Gasteiger partial charge in [0.05, 0.1) is 27.9 Å². The summed E-state index contributed by atoms with van der Waals surface area (Å²) in [4.78, 5) is 29.5. The van der Waals surface area contributed by atoms with Crippen LogP contribution in [-0.2, 0) is 13.2 Å². The number of hydrogen-bond donors (Lipinski definition) is 2. The molecule has 4 rings (SSSR count). The number of alkyl halides is 3. The quantitative estimate of drug-likeness (QED) is 0.343. The highest BCUT2D eigenvalue weighted by atomic mass is 35.5. The van der Waals surface area contributed by atoms with E-state index in [0.717, 1.165) is 18.3 Å². The normalized spacial score (nSPS) is 11.5. The van der Waals surface area contributed by atoms with Crippen molar-refractivity contribution in [2.24, 2.45) is 7.05 Å². The fraction of sp³-hybridized carbons (Fsp3) is 0.190. The minimum absolute atomic E-state index is 0.0287. The summed E-state index contributed by atoms with van der Waals surface area (Å²) in [6, 6.07) is 2.95. The van der Waals surface area contributed by atoms with Crippen molar-refractivity contribution in [2.45, 2.75) is 13.1 Å². The lowest BCUT2D eigenvalue weighted by Gasteiger charge is -2.11. The van der Waals surface area contributed by atoms with Gasteiger partial charge in [-0.2, -0.15) is 18.2 Å². The van der Waals surface area contributed by atoms with E-state index in [1.165, 1.54) is 18.5 Å². The van der Waals surface area contributed by atoms with Crippen LogP contribution in [0.2, 0.25) is 10.0 Å². The third-order valence-electron chi connectivity index (χ3n) is 4.75. The van der Waals surface area contributed by atoms with Crippen LogP contribution in [0.25, 0.3) is 11.2 Å². The third kappa shape index (κ3) is 5.08. The maximum Gasteiger partial charge on any atom is 0.416 e. The zero-order chi connectivity index (χ0) is 25.3. The van der Waals surface area contributed by atoms with E-state index in [9.17, 15) is 18.0 Å². The molecule has 4 aromatic heterocycles. The van der Waals surface area contributed by atoms with Gasteiger partial charge in [-0.3, -0.25) is 14.3 Å². The molecule has 0 aliphatic heterocycles. The maximum absolute atomic E-state index is 13.0. The smallest absolute Gasteiger partial charge is 0.416 e. The molecule has 2 N–H and O–H groups in total. The van der Waals surface area contributed by atoms with E-state index in [2.05, 4.69) is 30.6 Å². The molecule has 0 spiro atoms. The molecule has 14 heteroatoms. The average molecular weight is 526 g/mol. The van der Waals surface area contributed by atoms with Crippen molar-refractivity contribution in [3.8, 4) is 5.88 Å². The standard InChI is InChI=1S/C21H16Cl2F3N7O2/c1-3-35-19-11(18(34)30-15-6-10(4-5-28-15)21(24,25)26)7-14-17(32-19)33(2)20(29-14)31-16-12(22)8-27-9-13(16)23/h4-9H,3H2,1-2H3,(H,27,29,31)(H,28,30,34). The number of carbonyl (C=O) groups excluding carboxylic acids is 1. The fourth-order valence-electron chi connectivity index (χ4n) is 3.12. The molecule has 0 unspecified atom stereocenters. The summed E-state index contributed by atoms with van der Waals surface area (Å²) >= 11 is 12.3. The van der Waals surface area contributed by atoms with Gasteiger partial charge in [0.15, 0.2) is 5.65 Å². The minimum Gasteiger partial charge on any atom is -0.477 e. The van der Waals surface area contributed by atoms with E-state index in [4.69, 9.17) is 27.9 Å². The molecule has 4 aromatic rings. The summed E-state index contributed by atoms with van der Waals surface area (Å²) in [7, 11) is 1.68. The first-order chi connectivity index (χ1) is 16.6. The second kappa shape index (κ2) is 9.55. The van der Waals surface area contributed by atoms with Gasteiger partial charge in [0.1, 0.15) is 16.9 Å². The molecule has 0 saturated heterocycles. The first-order valence-electron chi connectivity index (χ1n) is 9.99.